The number of benzene rings is 7. The molecule has 0 aliphatic carbocycles. The lowest BCUT2D eigenvalue weighted by molar-refractivity contribution is 0.673. The lowest BCUT2D eigenvalue weighted by Gasteiger charge is -2.10. The van der Waals surface area contributed by atoms with Crippen LogP contribution < -0.4 is 0 Å². The third-order valence-corrected chi connectivity index (χ3v) is 9.52. The standard InChI is InChI=1S/C43H24N2O/c44-25-26-20-31(27-8-2-1-3-9-27)23-32(21-26)29-11-6-10-28(22-29)30-16-18-38-37(24-30)34-13-7-14-36-41-39(45(38)42(34)36)19-17-35-33-12-4-5-15-40(33)46-43(35)41/h1-24H. The molecule has 0 aliphatic rings. The maximum Gasteiger partial charge on any atom is 0.145 e. The molecule has 10 rings (SSSR count). The Hall–Kier alpha value is -6.37. The number of nitriles is 1. The number of hydrogen-bond acceptors (Lipinski definition) is 2. The van der Waals surface area contributed by atoms with Crippen LogP contribution in [0.4, 0.5) is 0 Å². The van der Waals surface area contributed by atoms with Gasteiger partial charge in [-0.2, -0.15) is 5.26 Å². The molecule has 0 atom stereocenters. The Labute approximate surface area is 264 Å². The summed E-state index contributed by atoms with van der Waals surface area (Å²) in [6.07, 6.45) is 0. The smallest absolute Gasteiger partial charge is 0.145 e. The molecular weight excluding hydrogens is 560 g/mol. The molecule has 0 saturated carbocycles. The van der Waals surface area contributed by atoms with Crippen LogP contribution in [0, 0.1) is 11.3 Å². The maximum atomic E-state index is 9.82. The molecule has 10 aromatic rings. The summed E-state index contributed by atoms with van der Waals surface area (Å²) in [6.45, 7) is 0. The molecule has 0 fully saturated rings. The summed E-state index contributed by atoms with van der Waals surface area (Å²) < 4.78 is 8.88. The predicted molar refractivity (Wildman–Crippen MR) is 189 cm³/mol. The van der Waals surface area contributed by atoms with Gasteiger partial charge < -0.3 is 8.82 Å². The fraction of sp³-hybridized carbons (Fsp3) is 0. The normalized spacial score (nSPS) is 11.9. The van der Waals surface area contributed by atoms with Crippen LogP contribution in [0.3, 0.4) is 0 Å². The van der Waals surface area contributed by atoms with E-state index in [0.29, 0.717) is 5.56 Å². The number of hydrogen-bond donors (Lipinski definition) is 0. The topological polar surface area (TPSA) is 41.3 Å². The minimum atomic E-state index is 0.654. The van der Waals surface area contributed by atoms with Crippen molar-refractivity contribution in [1.82, 2.24) is 4.40 Å². The zero-order chi connectivity index (χ0) is 30.4. The monoisotopic (exact) mass is 584 g/mol. The van der Waals surface area contributed by atoms with E-state index in [1.165, 1.54) is 32.6 Å². The molecule has 0 N–H and O–H groups in total. The Balaban J connectivity index is 1.15. The number of rotatable bonds is 3. The summed E-state index contributed by atoms with van der Waals surface area (Å²) in [6, 6.07) is 53.5. The van der Waals surface area contributed by atoms with Gasteiger partial charge in [0.15, 0.2) is 0 Å². The molecule has 46 heavy (non-hydrogen) atoms. The molecule has 0 radical (unpaired) electrons. The number of aromatic nitrogens is 1. The Bertz CT molecular complexity index is 2870. The quantitative estimate of drug-likeness (QED) is 0.207. The van der Waals surface area contributed by atoms with Crippen LogP contribution in [0.2, 0.25) is 0 Å². The van der Waals surface area contributed by atoms with E-state index < -0.39 is 0 Å². The number of fused-ring (bicyclic) bond motifs is 10. The van der Waals surface area contributed by atoms with Gasteiger partial charge in [-0.1, -0.05) is 91.0 Å². The summed E-state index contributed by atoms with van der Waals surface area (Å²) in [7, 11) is 0. The molecule has 7 aromatic carbocycles. The van der Waals surface area contributed by atoms with E-state index in [1.807, 2.05) is 42.5 Å². The predicted octanol–water partition coefficient (Wildman–Crippen LogP) is 11.6. The summed E-state index contributed by atoms with van der Waals surface area (Å²) in [4.78, 5) is 0. The minimum absolute atomic E-state index is 0.654. The van der Waals surface area contributed by atoms with Gasteiger partial charge in [0.05, 0.1) is 33.6 Å². The second kappa shape index (κ2) is 9.32. The largest absolute Gasteiger partial charge is 0.455 e. The lowest BCUT2D eigenvalue weighted by atomic mass is 9.94. The van der Waals surface area contributed by atoms with Crippen LogP contribution in [-0.4, -0.2) is 4.40 Å². The van der Waals surface area contributed by atoms with Crippen LogP contribution in [0.5, 0.6) is 0 Å². The van der Waals surface area contributed by atoms with Crippen LogP contribution >= 0.6 is 0 Å². The fourth-order valence-electron chi connectivity index (χ4n) is 7.46. The molecule has 0 aliphatic heterocycles. The van der Waals surface area contributed by atoms with Gasteiger partial charge >= 0.3 is 0 Å². The van der Waals surface area contributed by atoms with Gasteiger partial charge in [0.1, 0.15) is 11.2 Å². The first kappa shape index (κ1) is 25.0. The van der Waals surface area contributed by atoms with Gasteiger partial charge in [-0.3, -0.25) is 0 Å². The fourth-order valence-corrected chi connectivity index (χ4v) is 7.46. The highest BCUT2D eigenvalue weighted by Crippen LogP contribution is 2.44. The molecule has 0 bridgehead atoms. The lowest BCUT2D eigenvalue weighted by Crippen LogP contribution is -1.87. The zero-order valence-corrected chi connectivity index (χ0v) is 24.7. The molecule has 0 amide bonds. The van der Waals surface area contributed by atoms with Crippen LogP contribution in [0.25, 0.3) is 93.4 Å². The van der Waals surface area contributed by atoms with E-state index >= 15 is 0 Å². The minimum Gasteiger partial charge on any atom is -0.455 e. The summed E-state index contributed by atoms with van der Waals surface area (Å²) in [5.41, 5.74) is 12.7. The first-order valence-electron chi connectivity index (χ1n) is 15.5. The molecule has 0 spiro atoms. The van der Waals surface area contributed by atoms with E-state index in [1.54, 1.807) is 0 Å². The summed E-state index contributed by atoms with van der Waals surface area (Å²) in [5, 5.41) is 17.0. The van der Waals surface area contributed by atoms with Crippen molar-refractivity contribution in [2.24, 2.45) is 0 Å². The van der Waals surface area contributed by atoms with E-state index in [4.69, 9.17) is 4.42 Å². The van der Waals surface area contributed by atoms with Crippen molar-refractivity contribution >= 4 is 60.0 Å². The summed E-state index contributed by atoms with van der Waals surface area (Å²) >= 11 is 0. The second-order valence-electron chi connectivity index (χ2n) is 12.1. The third kappa shape index (κ3) is 3.47. The van der Waals surface area contributed by atoms with Crippen molar-refractivity contribution in [3.8, 4) is 39.4 Å². The zero-order valence-electron chi connectivity index (χ0n) is 24.7. The number of furan rings is 1. The summed E-state index contributed by atoms with van der Waals surface area (Å²) in [5.74, 6) is 0. The molecule has 3 heteroatoms. The molecule has 0 saturated heterocycles. The van der Waals surface area contributed by atoms with Gasteiger partial charge in [-0.25, -0.2) is 0 Å². The Morgan fingerprint density at radius 2 is 1.11 bits per heavy atom. The highest BCUT2D eigenvalue weighted by molar-refractivity contribution is 6.29. The van der Waals surface area contributed by atoms with Crippen molar-refractivity contribution < 1.29 is 4.42 Å². The van der Waals surface area contributed by atoms with Crippen molar-refractivity contribution in [3.05, 3.63) is 151 Å². The van der Waals surface area contributed by atoms with Crippen LogP contribution in [-0.2, 0) is 0 Å². The molecule has 3 nitrogen and oxygen atoms in total. The van der Waals surface area contributed by atoms with Crippen molar-refractivity contribution in [1.29, 1.82) is 5.26 Å². The molecule has 3 aromatic heterocycles. The average molecular weight is 585 g/mol. The molecular formula is C43H24N2O. The third-order valence-electron chi connectivity index (χ3n) is 9.52. The second-order valence-corrected chi connectivity index (χ2v) is 12.1. The van der Waals surface area contributed by atoms with Gasteiger partial charge in [-0.05, 0) is 88.0 Å². The van der Waals surface area contributed by atoms with Crippen LogP contribution in [0.15, 0.2) is 150 Å². The Morgan fingerprint density at radius 3 is 1.98 bits per heavy atom. The Morgan fingerprint density at radius 1 is 0.457 bits per heavy atom. The van der Waals surface area contributed by atoms with E-state index in [-0.39, 0.29) is 0 Å². The van der Waals surface area contributed by atoms with Gasteiger partial charge in [-0.15, -0.1) is 0 Å². The Kier molecular flexibility index (Phi) is 5.06. The van der Waals surface area contributed by atoms with Crippen molar-refractivity contribution in [2.45, 2.75) is 0 Å². The van der Waals surface area contributed by atoms with Crippen molar-refractivity contribution in [2.75, 3.05) is 0 Å². The van der Waals surface area contributed by atoms with Gasteiger partial charge in [0, 0.05) is 26.9 Å². The molecule has 0 unspecified atom stereocenters. The SMILES string of the molecule is N#Cc1cc(-c2ccccc2)cc(-c2cccc(-c3ccc4c(c3)c3cccc5c6c7oc8ccccc8c7ccc6n4c35)c2)c1. The molecule has 3 heterocycles. The highest BCUT2D eigenvalue weighted by atomic mass is 16.3. The van der Waals surface area contributed by atoms with Gasteiger partial charge in [0.2, 0.25) is 0 Å². The van der Waals surface area contributed by atoms with E-state index in [9.17, 15) is 5.26 Å². The number of nitrogens with zero attached hydrogens (tertiary/aromatic N) is 2. The van der Waals surface area contributed by atoms with E-state index in [2.05, 4.69) is 114 Å². The number of para-hydroxylation sites is 2. The average Bonchev–Trinajstić information content (AvgIpc) is 3.78. The molecule has 212 valence electrons. The van der Waals surface area contributed by atoms with Crippen molar-refractivity contribution in [3.63, 3.8) is 0 Å². The maximum absolute atomic E-state index is 9.82. The first-order valence-corrected chi connectivity index (χ1v) is 15.5. The van der Waals surface area contributed by atoms with Gasteiger partial charge in [0.25, 0.3) is 0 Å². The van der Waals surface area contributed by atoms with E-state index in [0.717, 1.165) is 60.8 Å². The van der Waals surface area contributed by atoms with Crippen LogP contribution in [0.1, 0.15) is 5.56 Å². The highest BCUT2D eigenvalue weighted by Gasteiger charge is 2.21. The first-order chi connectivity index (χ1) is 22.7.